The molecule has 0 aliphatic heterocycles. The number of benzene rings is 12. The number of hydrogen-bond acceptors (Lipinski definition) is 2. The van der Waals surface area contributed by atoms with Crippen LogP contribution in [0, 0.1) is 48.6 Å². The molecule has 0 spiro atoms. The molecule has 0 radical (unpaired) electrons. The number of nitrogens with zero attached hydrogens (tertiary/aromatic N) is 2. The molecule has 0 N–H and O–H groups in total. The molecule has 0 bridgehead atoms. The molecule has 1 aliphatic rings. The molecule has 0 heterocycles. The van der Waals surface area contributed by atoms with E-state index in [-0.39, 0.29) is 114 Å². The lowest BCUT2D eigenvalue weighted by Crippen LogP contribution is -2.13. The van der Waals surface area contributed by atoms with Gasteiger partial charge in [0.15, 0.2) is 0 Å². The minimum absolute atomic E-state index is 0.0329. The van der Waals surface area contributed by atoms with Gasteiger partial charge in [0.1, 0.15) is 0 Å². The van der Waals surface area contributed by atoms with E-state index < -0.39 is 0 Å². The first kappa shape index (κ1) is 35.0. The Balaban J connectivity index is 1.10. The Morgan fingerprint density at radius 1 is 0.257 bits per heavy atom. The maximum Gasteiger partial charge on any atom is 0.0651 e. The zero-order valence-corrected chi connectivity index (χ0v) is 41.4. The van der Waals surface area contributed by atoms with Crippen LogP contribution in [-0.2, 0) is 0 Å². The van der Waals surface area contributed by atoms with Gasteiger partial charge in [-0.1, -0.05) is 182 Å². The van der Waals surface area contributed by atoms with Crippen LogP contribution >= 0.6 is 0 Å². The quantitative estimate of drug-likeness (QED) is 0.135. The molecule has 0 saturated carbocycles. The standard InChI is InChI=1S/C72H54N2/c1-47-25-29-57(51-17-9-5-10-18-51)43-69(47)73(70-44-58(30-26-48(70)2)52-19-11-6-12-20-52)63-35-33-55-39-65-66-40-56-34-36-64(38-62(56)42-68(66)67(65)41-61(55)37-63)74(71-45-59(31-27-49(71)3)53-21-13-7-14-22-53)72-46-60(32-28-50(72)4)54-23-15-8-16-24-54/h5-46H,1-4H3/i33D,34D,35D,36D,37D,38D,39D,40D,41D,42D. The molecule has 0 fully saturated rings. The number of fused-ring (bicyclic) bond motifs is 4. The Morgan fingerprint density at radius 3 is 0.784 bits per heavy atom. The van der Waals surface area contributed by atoms with Crippen LogP contribution in [0.5, 0.6) is 0 Å². The average Bonchev–Trinajstić information content (AvgIpc) is 0.756. The summed E-state index contributed by atoms with van der Waals surface area (Å²) >= 11 is 0. The second kappa shape index (κ2) is 18.4. The normalized spacial score (nSPS) is 13.4. The van der Waals surface area contributed by atoms with Gasteiger partial charge >= 0.3 is 0 Å². The average molecular weight is 957 g/mol. The van der Waals surface area contributed by atoms with Gasteiger partial charge in [-0.25, -0.2) is 0 Å². The van der Waals surface area contributed by atoms with Crippen LogP contribution in [0.15, 0.2) is 255 Å². The van der Waals surface area contributed by atoms with Gasteiger partial charge in [0.05, 0.1) is 13.7 Å². The lowest BCUT2D eigenvalue weighted by molar-refractivity contribution is 1.23. The topological polar surface area (TPSA) is 6.48 Å². The molecule has 1 aliphatic carbocycles. The summed E-state index contributed by atoms with van der Waals surface area (Å²) in [5, 5.41) is 0.0885. The van der Waals surface area contributed by atoms with Crippen LogP contribution in [-0.4, -0.2) is 0 Å². The predicted molar refractivity (Wildman–Crippen MR) is 313 cm³/mol. The fraction of sp³-hybridized carbons (Fsp3) is 0.0556. The van der Waals surface area contributed by atoms with E-state index in [4.69, 9.17) is 0 Å². The molecular formula is C72H54N2. The van der Waals surface area contributed by atoms with E-state index in [1.807, 2.05) is 232 Å². The highest BCUT2D eigenvalue weighted by Crippen LogP contribution is 2.45. The second-order valence-electron chi connectivity index (χ2n) is 19.1. The van der Waals surface area contributed by atoms with Gasteiger partial charge in [-0.05, 0) is 209 Å². The Labute approximate surface area is 447 Å². The number of hydrogen-bond donors (Lipinski definition) is 0. The van der Waals surface area contributed by atoms with Crippen molar-refractivity contribution in [3.8, 4) is 44.5 Å². The van der Waals surface area contributed by atoms with Crippen molar-refractivity contribution in [3.05, 3.63) is 298 Å². The van der Waals surface area contributed by atoms with Crippen molar-refractivity contribution in [1.82, 2.24) is 0 Å². The highest BCUT2D eigenvalue weighted by Gasteiger charge is 2.22. The summed E-state index contributed by atoms with van der Waals surface area (Å²) in [5.41, 5.74) is 13.3. The molecule has 0 unspecified atom stereocenters. The van der Waals surface area contributed by atoms with Crippen LogP contribution in [0.3, 0.4) is 0 Å². The summed E-state index contributed by atoms with van der Waals surface area (Å²) < 4.78 is 100. The first-order chi connectivity index (χ1) is 40.5. The van der Waals surface area contributed by atoms with Gasteiger partial charge < -0.3 is 9.80 Å². The maximum atomic E-state index is 10.3. The third kappa shape index (κ3) is 8.02. The Bertz CT molecular complexity index is 4460. The van der Waals surface area contributed by atoms with Crippen LogP contribution in [0.2, 0.25) is 0 Å². The molecule has 13 rings (SSSR count). The largest absolute Gasteiger partial charge is 0.310 e. The van der Waals surface area contributed by atoms with Crippen molar-refractivity contribution in [2.75, 3.05) is 9.80 Å². The molecule has 2 nitrogen and oxygen atoms in total. The first-order valence-electron chi connectivity index (χ1n) is 29.9. The van der Waals surface area contributed by atoms with E-state index in [0.29, 0.717) is 22.7 Å². The molecule has 12 aromatic carbocycles. The summed E-state index contributed by atoms with van der Waals surface area (Å²) in [6, 6.07) is 60.8. The summed E-state index contributed by atoms with van der Waals surface area (Å²) in [5.74, 6) is 0. The fourth-order valence-corrected chi connectivity index (χ4v) is 10.2. The van der Waals surface area contributed by atoms with Gasteiger partial charge in [-0.2, -0.15) is 0 Å². The van der Waals surface area contributed by atoms with E-state index in [1.54, 1.807) is 0 Å². The van der Waals surface area contributed by atoms with Crippen LogP contribution in [0.1, 0.15) is 36.0 Å². The zero-order chi connectivity index (χ0) is 58.6. The van der Waals surface area contributed by atoms with Gasteiger partial charge in [0.2, 0.25) is 0 Å². The van der Waals surface area contributed by atoms with E-state index in [0.717, 1.165) is 66.8 Å². The van der Waals surface area contributed by atoms with Crippen molar-refractivity contribution in [3.63, 3.8) is 0 Å². The first-order valence-corrected chi connectivity index (χ1v) is 24.9. The monoisotopic (exact) mass is 956 g/mol. The van der Waals surface area contributed by atoms with E-state index >= 15 is 0 Å². The molecule has 2 heteroatoms. The van der Waals surface area contributed by atoms with Gasteiger partial charge in [-0.3, -0.25) is 0 Å². The fourth-order valence-electron chi connectivity index (χ4n) is 10.2. The molecule has 74 heavy (non-hydrogen) atoms. The van der Waals surface area contributed by atoms with Crippen molar-refractivity contribution in [1.29, 1.82) is 0 Å². The second-order valence-corrected chi connectivity index (χ2v) is 19.1. The lowest BCUT2D eigenvalue weighted by atomic mass is 9.94. The third-order valence-corrected chi connectivity index (χ3v) is 14.3. The van der Waals surface area contributed by atoms with Gasteiger partial charge in [0, 0.05) is 34.1 Å². The zero-order valence-electron chi connectivity index (χ0n) is 51.4. The van der Waals surface area contributed by atoms with E-state index in [2.05, 4.69) is 0 Å². The molecule has 352 valence electrons. The minimum Gasteiger partial charge on any atom is -0.310 e. The molecule has 0 aromatic heterocycles. The lowest BCUT2D eigenvalue weighted by Gasteiger charge is -2.30. The number of aryl methyl sites for hydroxylation is 4. The van der Waals surface area contributed by atoms with Crippen LogP contribution < -0.4 is 9.80 Å². The molecule has 12 aromatic rings. The predicted octanol–water partition coefficient (Wildman–Crippen LogP) is 19.7. The van der Waals surface area contributed by atoms with E-state index in [1.165, 1.54) is 0 Å². The Hall–Kier alpha value is -9.24. The van der Waals surface area contributed by atoms with E-state index in [9.17, 15) is 13.7 Å². The molecule has 0 amide bonds. The van der Waals surface area contributed by atoms with Crippen molar-refractivity contribution in [2.45, 2.75) is 27.7 Å². The SMILES string of the molecule is [2H]c1c(N(c2cc(-c3ccccc3)ccc2C)c2cc(-c3ccccc3)ccc2C)c([2H])c2c([2H])c3c(c([2H])c2c1[2H])=c1c([2H])c2c([2H])c([2H])c(N(c4cc(-c5ccccc5)ccc4C)c4cc(-c5ccccc5)ccc4C)c([2H])c2c([2H])c1=3. The van der Waals surface area contributed by atoms with Crippen molar-refractivity contribution >= 4 is 55.7 Å². The van der Waals surface area contributed by atoms with Crippen molar-refractivity contribution < 1.29 is 13.7 Å². The molecule has 0 atom stereocenters. The highest BCUT2D eigenvalue weighted by atomic mass is 15.2. The van der Waals surface area contributed by atoms with Crippen molar-refractivity contribution in [2.24, 2.45) is 0 Å². The highest BCUT2D eigenvalue weighted by molar-refractivity contribution is 5.94. The minimum atomic E-state index is -0.381. The van der Waals surface area contributed by atoms with Crippen LogP contribution in [0.4, 0.5) is 34.1 Å². The summed E-state index contributed by atoms with van der Waals surface area (Å²) in [6.07, 6.45) is 0. The summed E-state index contributed by atoms with van der Waals surface area (Å²) in [4.78, 5) is 3.69. The Kier molecular flexibility index (Phi) is 8.71. The summed E-state index contributed by atoms with van der Waals surface area (Å²) in [7, 11) is 0. The smallest absolute Gasteiger partial charge is 0.0651 e. The third-order valence-electron chi connectivity index (χ3n) is 14.3. The molecule has 0 saturated heterocycles. The van der Waals surface area contributed by atoms with Gasteiger partial charge in [0.25, 0.3) is 0 Å². The summed E-state index contributed by atoms with van der Waals surface area (Å²) in [6.45, 7) is 7.84. The van der Waals surface area contributed by atoms with Gasteiger partial charge in [-0.15, -0.1) is 0 Å². The number of rotatable bonds is 10. The Morgan fingerprint density at radius 2 is 0.514 bits per heavy atom. The van der Waals surface area contributed by atoms with Crippen LogP contribution in [0.25, 0.3) is 66.1 Å². The maximum absolute atomic E-state index is 10.3. The molecular weight excluding hydrogens is 893 g/mol. The number of anilines is 6.